The van der Waals surface area contributed by atoms with Gasteiger partial charge in [-0.3, -0.25) is 0 Å². The molecule has 1 aromatic rings. The van der Waals surface area contributed by atoms with Crippen molar-refractivity contribution in [2.24, 2.45) is 0 Å². The highest BCUT2D eigenvalue weighted by molar-refractivity contribution is 6.57. The van der Waals surface area contributed by atoms with E-state index in [9.17, 15) is 4.79 Å². The Balaban J connectivity index is 2.86. The SMILES string of the molecule is O=C(OCl)C(Cl)(Cl)Oc1ccccc1Cl. The van der Waals surface area contributed by atoms with Crippen LogP contribution < -0.4 is 4.74 Å². The summed E-state index contributed by atoms with van der Waals surface area (Å²) in [5, 5.41) is 0.255. The van der Waals surface area contributed by atoms with Gasteiger partial charge in [-0.2, -0.15) is 0 Å². The fraction of sp³-hybridized carbons (Fsp3) is 0.125. The van der Waals surface area contributed by atoms with Gasteiger partial charge in [-0.1, -0.05) is 23.7 Å². The lowest BCUT2D eigenvalue weighted by Gasteiger charge is -2.17. The molecule has 0 radical (unpaired) electrons. The molecule has 0 unspecified atom stereocenters. The van der Waals surface area contributed by atoms with Crippen molar-refractivity contribution in [1.82, 2.24) is 0 Å². The van der Waals surface area contributed by atoms with E-state index in [2.05, 4.69) is 4.29 Å². The largest absolute Gasteiger partial charge is 0.447 e. The first-order valence-electron chi connectivity index (χ1n) is 3.62. The number of hydrogen-bond acceptors (Lipinski definition) is 3. The summed E-state index contributed by atoms with van der Waals surface area (Å²) in [4.78, 5) is 11.0. The van der Waals surface area contributed by atoms with Gasteiger partial charge < -0.3 is 9.03 Å². The van der Waals surface area contributed by atoms with Crippen LogP contribution in [0.3, 0.4) is 0 Å². The van der Waals surface area contributed by atoms with E-state index in [1.807, 2.05) is 0 Å². The Morgan fingerprint density at radius 3 is 2.40 bits per heavy atom. The Morgan fingerprint density at radius 2 is 1.87 bits per heavy atom. The molecule has 0 amide bonds. The zero-order chi connectivity index (χ0) is 11.5. The lowest BCUT2D eigenvalue weighted by atomic mass is 10.3. The molecule has 15 heavy (non-hydrogen) atoms. The molecule has 82 valence electrons. The van der Waals surface area contributed by atoms with E-state index < -0.39 is 10.5 Å². The van der Waals surface area contributed by atoms with Gasteiger partial charge in [0, 0.05) is 0 Å². The number of para-hydroxylation sites is 1. The van der Waals surface area contributed by atoms with E-state index >= 15 is 0 Å². The molecule has 1 rings (SSSR count). The highest BCUT2D eigenvalue weighted by Gasteiger charge is 2.39. The van der Waals surface area contributed by atoms with Crippen LogP contribution in [0.1, 0.15) is 0 Å². The second-order valence-electron chi connectivity index (χ2n) is 2.41. The van der Waals surface area contributed by atoms with Crippen molar-refractivity contribution in [3.63, 3.8) is 0 Å². The third kappa shape index (κ3) is 3.31. The van der Waals surface area contributed by atoms with Crippen LogP contribution >= 0.6 is 46.7 Å². The van der Waals surface area contributed by atoms with Gasteiger partial charge in [0.2, 0.25) is 0 Å². The summed E-state index contributed by atoms with van der Waals surface area (Å²) in [5.74, 6) is -1.00. The minimum absolute atomic E-state index is 0.145. The van der Waals surface area contributed by atoms with Crippen LogP contribution in [0.4, 0.5) is 0 Å². The molecule has 0 aliphatic rings. The van der Waals surface area contributed by atoms with E-state index in [0.717, 1.165) is 0 Å². The topological polar surface area (TPSA) is 35.5 Å². The van der Waals surface area contributed by atoms with E-state index in [0.29, 0.717) is 0 Å². The van der Waals surface area contributed by atoms with Crippen LogP contribution in [0.5, 0.6) is 5.75 Å². The molecule has 1 aromatic carbocycles. The van der Waals surface area contributed by atoms with Gasteiger partial charge >= 0.3 is 10.5 Å². The smallest absolute Gasteiger partial charge is 0.401 e. The minimum atomic E-state index is -2.23. The molecule has 0 spiro atoms. The van der Waals surface area contributed by atoms with E-state index in [1.54, 1.807) is 18.2 Å². The number of rotatable bonds is 3. The lowest BCUT2D eigenvalue weighted by Crippen LogP contribution is -2.32. The van der Waals surface area contributed by atoms with Gasteiger partial charge in [0.1, 0.15) is 17.6 Å². The molecule has 3 nitrogen and oxygen atoms in total. The lowest BCUT2D eigenvalue weighted by molar-refractivity contribution is -0.140. The summed E-state index contributed by atoms with van der Waals surface area (Å²) >= 11 is 21.6. The first kappa shape index (κ1) is 12.7. The summed E-state index contributed by atoms with van der Waals surface area (Å²) in [6, 6.07) is 6.35. The van der Waals surface area contributed by atoms with E-state index in [4.69, 9.17) is 51.4 Å². The molecule has 0 aliphatic heterocycles. The van der Waals surface area contributed by atoms with Crippen LogP contribution in [-0.2, 0) is 9.08 Å². The first-order chi connectivity index (χ1) is 6.97. The Bertz CT molecular complexity index is 367. The summed E-state index contributed by atoms with van der Waals surface area (Å²) in [5.41, 5.74) is 0. The zero-order valence-corrected chi connectivity index (χ0v) is 10.1. The average Bonchev–Trinajstić information content (AvgIpc) is 2.20. The van der Waals surface area contributed by atoms with Gasteiger partial charge in [-0.15, -0.1) is 0 Å². The van der Waals surface area contributed by atoms with Gasteiger partial charge in [0.25, 0.3) is 0 Å². The molecule has 0 saturated heterocycles. The highest BCUT2D eigenvalue weighted by Crippen LogP contribution is 2.32. The van der Waals surface area contributed by atoms with E-state index in [1.165, 1.54) is 6.07 Å². The molecule has 0 aromatic heterocycles. The highest BCUT2D eigenvalue weighted by atomic mass is 35.5. The quantitative estimate of drug-likeness (QED) is 0.799. The summed E-state index contributed by atoms with van der Waals surface area (Å²) < 4.78 is 6.52. The third-order valence-electron chi connectivity index (χ3n) is 1.38. The fourth-order valence-corrected chi connectivity index (χ4v) is 1.36. The van der Waals surface area contributed by atoms with Crippen molar-refractivity contribution in [3.8, 4) is 5.75 Å². The predicted molar refractivity (Wildman–Crippen MR) is 58.5 cm³/mol. The number of ether oxygens (including phenoxy) is 1. The van der Waals surface area contributed by atoms with Gasteiger partial charge in [0.05, 0.1) is 5.02 Å². The summed E-state index contributed by atoms with van der Waals surface area (Å²) in [7, 11) is 0. The molecule has 0 aliphatic carbocycles. The van der Waals surface area contributed by atoms with Crippen molar-refractivity contribution < 1.29 is 13.8 Å². The molecule has 0 saturated carbocycles. The molecule has 0 bridgehead atoms. The van der Waals surface area contributed by atoms with Crippen molar-refractivity contribution in [2.75, 3.05) is 0 Å². The number of carbonyl (C=O) groups is 1. The molecule has 0 atom stereocenters. The molecule has 0 heterocycles. The second-order valence-corrected chi connectivity index (χ2v) is 4.23. The fourth-order valence-electron chi connectivity index (χ4n) is 0.752. The van der Waals surface area contributed by atoms with Crippen LogP contribution in [0, 0.1) is 0 Å². The summed E-state index contributed by atoms with van der Waals surface area (Å²) in [6.07, 6.45) is 0. The van der Waals surface area contributed by atoms with Crippen molar-refractivity contribution in [2.45, 2.75) is 4.52 Å². The Kier molecular flexibility index (Phi) is 4.34. The van der Waals surface area contributed by atoms with E-state index in [-0.39, 0.29) is 10.8 Å². The van der Waals surface area contributed by atoms with Crippen molar-refractivity contribution >= 4 is 52.6 Å². The number of benzene rings is 1. The summed E-state index contributed by atoms with van der Waals surface area (Å²) in [6.45, 7) is 0. The maximum Gasteiger partial charge on any atom is 0.401 e. The maximum atomic E-state index is 11.0. The molecular weight excluding hydrogens is 286 g/mol. The van der Waals surface area contributed by atoms with Gasteiger partial charge in [-0.05, 0) is 35.3 Å². The number of hydrogen-bond donors (Lipinski definition) is 0. The van der Waals surface area contributed by atoms with Gasteiger partial charge in [-0.25, -0.2) is 4.79 Å². The predicted octanol–water partition coefficient (Wildman–Crippen LogP) is 3.55. The van der Waals surface area contributed by atoms with Crippen LogP contribution in [0.25, 0.3) is 0 Å². The monoisotopic (exact) mass is 288 g/mol. The minimum Gasteiger partial charge on any atom is -0.447 e. The number of alkyl halides is 2. The third-order valence-corrected chi connectivity index (χ3v) is 2.30. The Hall–Kier alpha value is -0.350. The standard InChI is InChI=1S/C8H4Cl4O3/c9-5-3-1-2-4-6(5)14-8(10,11)7(13)15-12/h1-4H. The number of carbonyl (C=O) groups excluding carboxylic acids is 1. The Labute approximate surface area is 106 Å². The van der Waals surface area contributed by atoms with Crippen LogP contribution in [0.15, 0.2) is 24.3 Å². The van der Waals surface area contributed by atoms with Crippen LogP contribution in [-0.4, -0.2) is 10.5 Å². The first-order valence-corrected chi connectivity index (χ1v) is 5.06. The van der Waals surface area contributed by atoms with Crippen molar-refractivity contribution in [3.05, 3.63) is 29.3 Å². The maximum absolute atomic E-state index is 11.0. The van der Waals surface area contributed by atoms with Crippen LogP contribution in [0.2, 0.25) is 5.02 Å². The normalized spacial score (nSPS) is 10.9. The Morgan fingerprint density at radius 1 is 1.27 bits per heavy atom. The second kappa shape index (κ2) is 5.12. The molecule has 0 N–H and O–H groups in total. The number of halogens is 4. The average molecular weight is 290 g/mol. The van der Waals surface area contributed by atoms with Gasteiger partial charge in [0.15, 0.2) is 0 Å². The molecule has 7 heteroatoms. The van der Waals surface area contributed by atoms with Crippen molar-refractivity contribution in [1.29, 1.82) is 0 Å². The molecular formula is C8H4Cl4O3. The molecule has 0 fully saturated rings. The zero-order valence-electron chi connectivity index (χ0n) is 7.05.